The first kappa shape index (κ1) is 17.7. The number of halogens is 1. The largest absolute Gasteiger partial charge is 0.332 e. The fourth-order valence-corrected chi connectivity index (χ4v) is 3.46. The van der Waals surface area contributed by atoms with Crippen molar-refractivity contribution in [2.45, 2.75) is 13.0 Å². The summed E-state index contributed by atoms with van der Waals surface area (Å²) in [7, 11) is 0. The van der Waals surface area contributed by atoms with Crippen LogP contribution in [-0.4, -0.2) is 43.5 Å². The number of carbonyl (C=O) groups is 1. The molecule has 1 aromatic heterocycles. The van der Waals surface area contributed by atoms with Crippen LogP contribution in [-0.2, 0) is 4.79 Å². The lowest BCUT2D eigenvalue weighted by atomic mass is 10.1. The molecule has 0 aliphatic carbocycles. The Hall–Kier alpha value is -2.11. The topological polar surface area (TPSA) is 54.3 Å². The van der Waals surface area contributed by atoms with Crippen LogP contribution in [0.5, 0.6) is 0 Å². The Labute approximate surface area is 153 Å². The molecule has 132 valence electrons. The lowest BCUT2D eigenvalue weighted by Gasteiger charge is -2.30. The first-order valence-electron chi connectivity index (χ1n) is 8.72. The van der Waals surface area contributed by atoms with Crippen molar-refractivity contribution >= 4 is 23.3 Å². The van der Waals surface area contributed by atoms with Gasteiger partial charge in [0.05, 0.1) is 19.3 Å². The second-order valence-corrected chi connectivity index (χ2v) is 6.77. The fraction of sp³-hybridized carbons (Fsp3) is 0.368. The normalized spacial score (nSPS) is 15.9. The number of carbonyl (C=O) groups excluding carboxylic acids is 1. The number of nitrogens with one attached hydrogen (secondary N) is 1. The highest BCUT2D eigenvalue weighted by atomic mass is 35.5. The number of nitrogens with two attached hydrogens (primary N) is 1. The Balaban J connectivity index is 1.47. The minimum Gasteiger partial charge on any atom is -0.332 e. The third kappa shape index (κ3) is 4.50. The van der Waals surface area contributed by atoms with Crippen molar-refractivity contribution in [3.05, 3.63) is 59.2 Å². The summed E-state index contributed by atoms with van der Waals surface area (Å²) < 4.78 is 0. The number of benzene rings is 1. The van der Waals surface area contributed by atoms with Crippen LogP contribution in [0.4, 0.5) is 5.82 Å². The zero-order chi connectivity index (χ0) is 17.6. The number of H-pyrrole nitrogens is 1. The van der Waals surface area contributed by atoms with Gasteiger partial charge >= 0.3 is 0 Å². The van der Waals surface area contributed by atoms with Gasteiger partial charge < -0.3 is 10.2 Å². The number of nitrogens with zero attached hydrogens (tertiary/aromatic N) is 2. The van der Waals surface area contributed by atoms with E-state index in [1.54, 1.807) is 0 Å². The van der Waals surface area contributed by atoms with E-state index in [-0.39, 0.29) is 11.9 Å². The van der Waals surface area contributed by atoms with Crippen LogP contribution >= 0.6 is 11.6 Å². The highest BCUT2D eigenvalue weighted by Crippen LogP contribution is 2.19. The van der Waals surface area contributed by atoms with Crippen molar-refractivity contribution in [3.8, 4) is 0 Å². The van der Waals surface area contributed by atoms with Crippen molar-refractivity contribution in [1.82, 2.24) is 4.90 Å². The van der Waals surface area contributed by atoms with E-state index in [9.17, 15) is 4.79 Å². The molecule has 1 saturated heterocycles. The molecule has 0 spiro atoms. The average Bonchev–Trinajstić information content (AvgIpc) is 2.67. The molecule has 1 fully saturated rings. The van der Waals surface area contributed by atoms with E-state index < -0.39 is 0 Å². The maximum Gasteiger partial charge on any atom is 0.277 e. The number of quaternary nitrogens is 1. The van der Waals surface area contributed by atoms with Crippen LogP contribution in [0.1, 0.15) is 18.5 Å². The summed E-state index contributed by atoms with van der Waals surface area (Å²) in [6.07, 6.45) is 1.93. The van der Waals surface area contributed by atoms with E-state index in [0.717, 1.165) is 42.6 Å². The van der Waals surface area contributed by atoms with E-state index in [4.69, 9.17) is 11.6 Å². The molecule has 3 N–H and O–H groups in total. The summed E-state index contributed by atoms with van der Waals surface area (Å²) in [5.41, 5.74) is 1.07. The molecule has 0 radical (unpaired) electrons. The smallest absolute Gasteiger partial charge is 0.277 e. The highest BCUT2D eigenvalue weighted by molar-refractivity contribution is 6.31. The number of piperazine rings is 1. The zero-order valence-corrected chi connectivity index (χ0v) is 15.2. The molecule has 25 heavy (non-hydrogen) atoms. The quantitative estimate of drug-likeness (QED) is 0.869. The Bertz CT molecular complexity index is 702. The van der Waals surface area contributed by atoms with Gasteiger partial charge in [-0.1, -0.05) is 35.9 Å². The third-order valence-electron chi connectivity index (χ3n) is 4.71. The zero-order valence-electron chi connectivity index (χ0n) is 14.5. The minimum atomic E-state index is 0.165. The number of pyridine rings is 1. The first-order valence-corrected chi connectivity index (χ1v) is 9.10. The third-order valence-corrected chi connectivity index (χ3v) is 5.05. The SMILES string of the molecule is C[C@@H]([NH2+]CC(=O)N1CCN(c2cccc[nH+]2)CC1)c1ccccc1Cl. The molecule has 1 aliphatic rings. The predicted molar refractivity (Wildman–Crippen MR) is 98.5 cm³/mol. The number of aromatic amines is 1. The van der Waals surface area contributed by atoms with Gasteiger partial charge in [-0.05, 0) is 19.1 Å². The van der Waals surface area contributed by atoms with E-state index >= 15 is 0 Å². The second-order valence-electron chi connectivity index (χ2n) is 6.37. The molecule has 0 saturated carbocycles. The van der Waals surface area contributed by atoms with Crippen LogP contribution in [0.3, 0.4) is 0 Å². The van der Waals surface area contributed by atoms with Gasteiger partial charge in [-0.3, -0.25) is 9.69 Å². The summed E-state index contributed by atoms with van der Waals surface area (Å²) in [5, 5.41) is 2.81. The molecular formula is C19H25ClN4O+2. The van der Waals surface area contributed by atoms with Gasteiger partial charge in [0.1, 0.15) is 19.1 Å². The molecule has 2 heterocycles. The summed E-state index contributed by atoms with van der Waals surface area (Å²) in [5.74, 6) is 1.30. The van der Waals surface area contributed by atoms with Crippen molar-refractivity contribution < 1.29 is 15.1 Å². The standard InChI is InChI=1S/C19H23ClN4O/c1-15(16-6-2-3-7-17(16)20)22-14-19(25)24-12-10-23(11-13-24)18-8-4-5-9-21-18/h2-9,15,22H,10-14H2,1H3/p+2/t15-/m1/s1. The molecule has 0 unspecified atom stereocenters. The van der Waals surface area contributed by atoms with E-state index in [0.29, 0.717) is 6.54 Å². The number of amides is 1. The van der Waals surface area contributed by atoms with Gasteiger partial charge in [-0.15, -0.1) is 0 Å². The lowest BCUT2D eigenvalue weighted by molar-refractivity contribution is -0.683. The fourth-order valence-electron chi connectivity index (χ4n) is 3.16. The summed E-state index contributed by atoms with van der Waals surface area (Å²) >= 11 is 6.23. The monoisotopic (exact) mass is 360 g/mol. The Morgan fingerprint density at radius 2 is 1.88 bits per heavy atom. The van der Waals surface area contributed by atoms with E-state index in [2.05, 4.69) is 28.2 Å². The summed E-state index contributed by atoms with van der Waals surface area (Å²) in [4.78, 5) is 20.0. The minimum absolute atomic E-state index is 0.165. The molecule has 3 rings (SSSR count). The maximum absolute atomic E-state index is 12.5. The van der Waals surface area contributed by atoms with Crippen molar-refractivity contribution in [2.75, 3.05) is 37.6 Å². The van der Waals surface area contributed by atoms with Gasteiger partial charge in [0.25, 0.3) is 11.7 Å². The second kappa shape index (κ2) is 8.32. The van der Waals surface area contributed by atoms with Gasteiger partial charge in [0, 0.05) is 16.7 Å². The van der Waals surface area contributed by atoms with Crippen molar-refractivity contribution in [3.63, 3.8) is 0 Å². The highest BCUT2D eigenvalue weighted by Gasteiger charge is 2.27. The van der Waals surface area contributed by atoms with Crippen LogP contribution in [0, 0.1) is 0 Å². The maximum atomic E-state index is 12.5. The van der Waals surface area contributed by atoms with Gasteiger partial charge in [0.15, 0.2) is 6.54 Å². The molecule has 1 amide bonds. The van der Waals surface area contributed by atoms with Gasteiger partial charge in [-0.2, -0.15) is 0 Å². The lowest BCUT2D eigenvalue weighted by Crippen LogP contribution is -2.87. The van der Waals surface area contributed by atoms with E-state index in [1.165, 1.54) is 0 Å². The van der Waals surface area contributed by atoms with Gasteiger partial charge in [0.2, 0.25) is 0 Å². The van der Waals surface area contributed by atoms with E-state index in [1.807, 2.05) is 47.5 Å². The summed E-state index contributed by atoms with van der Waals surface area (Å²) in [6.45, 7) is 5.76. The molecule has 1 aromatic carbocycles. The molecule has 1 atom stereocenters. The molecule has 2 aromatic rings. The molecule has 6 heteroatoms. The Morgan fingerprint density at radius 1 is 1.16 bits per heavy atom. The van der Waals surface area contributed by atoms with Crippen LogP contribution in [0.25, 0.3) is 0 Å². The number of rotatable bonds is 5. The van der Waals surface area contributed by atoms with Crippen molar-refractivity contribution in [1.29, 1.82) is 0 Å². The van der Waals surface area contributed by atoms with Crippen LogP contribution in [0.15, 0.2) is 48.7 Å². The number of aromatic nitrogens is 1. The molecular weight excluding hydrogens is 336 g/mol. The molecule has 1 aliphatic heterocycles. The Kier molecular flexibility index (Phi) is 5.89. The average molecular weight is 361 g/mol. The van der Waals surface area contributed by atoms with Gasteiger partial charge in [-0.25, -0.2) is 4.98 Å². The van der Waals surface area contributed by atoms with Crippen LogP contribution < -0.4 is 15.2 Å². The first-order chi connectivity index (χ1) is 12.1. The summed E-state index contributed by atoms with van der Waals surface area (Å²) in [6, 6.07) is 14.0. The number of hydrogen-bond donors (Lipinski definition) is 1. The predicted octanol–water partition coefficient (Wildman–Crippen LogP) is 1.13. The molecule has 5 nitrogen and oxygen atoms in total. The Morgan fingerprint density at radius 3 is 2.56 bits per heavy atom. The van der Waals surface area contributed by atoms with Crippen molar-refractivity contribution in [2.24, 2.45) is 0 Å². The van der Waals surface area contributed by atoms with Crippen LogP contribution in [0.2, 0.25) is 5.02 Å². The molecule has 0 bridgehead atoms. The number of hydrogen-bond acceptors (Lipinski definition) is 2. The number of anilines is 1.